The number of hydrogen-bond acceptors (Lipinski definition) is 9. The molecule has 3 heterocycles. The minimum Gasteiger partial charge on any atom is -0.423 e. The van der Waals surface area contributed by atoms with Crippen molar-refractivity contribution in [2.45, 2.75) is 32.0 Å². The number of carbonyl (C=O) groups excluding carboxylic acids is 3. The van der Waals surface area contributed by atoms with Gasteiger partial charge < -0.3 is 31.3 Å². The van der Waals surface area contributed by atoms with Crippen LogP contribution in [0.3, 0.4) is 0 Å². The number of amides is 3. The number of halogens is 4. The molecule has 2 aromatic heterocycles. The molecule has 13 nitrogen and oxygen atoms in total. The molecular formula is C41H37BF4N8O5. The summed E-state index contributed by atoms with van der Waals surface area (Å²) in [4.78, 5) is 46.6. The maximum atomic E-state index is 13.9. The van der Waals surface area contributed by atoms with E-state index in [-0.39, 0.29) is 36.2 Å². The molecule has 18 heteroatoms. The number of carbonyl (C=O) groups is 3. The van der Waals surface area contributed by atoms with Crippen LogP contribution in [-0.2, 0) is 17.9 Å². The van der Waals surface area contributed by atoms with Crippen LogP contribution in [-0.4, -0.2) is 72.6 Å². The van der Waals surface area contributed by atoms with Gasteiger partial charge in [-0.3, -0.25) is 14.4 Å². The summed E-state index contributed by atoms with van der Waals surface area (Å²) in [6.45, 7) is 5.02. The molecule has 0 bridgehead atoms. The van der Waals surface area contributed by atoms with Gasteiger partial charge in [0.1, 0.15) is 41.1 Å². The number of benzene rings is 4. The third-order valence-electron chi connectivity index (χ3n) is 9.51. The maximum Gasteiger partial charge on any atom is 0.488 e. The van der Waals surface area contributed by atoms with Crippen LogP contribution in [0.1, 0.15) is 50.7 Å². The number of nitrogen functional groups attached to an aromatic ring is 1. The summed E-state index contributed by atoms with van der Waals surface area (Å²) in [5.41, 5.74) is 9.53. The van der Waals surface area contributed by atoms with Gasteiger partial charge in [0.2, 0.25) is 5.91 Å². The monoisotopic (exact) mass is 808 g/mol. The molecule has 6 aromatic rings. The van der Waals surface area contributed by atoms with Crippen molar-refractivity contribution in [3.63, 3.8) is 0 Å². The number of nitrogens with zero attached hydrogens (tertiary/aromatic N) is 5. The van der Waals surface area contributed by atoms with Crippen molar-refractivity contribution in [2.24, 2.45) is 0 Å². The molecule has 0 radical (unpaired) electrons. The van der Waals surface area contributed by atoms with Gasteiger partial charge in [-0.05, 0) is 59.8 Å². The first-order chi connectivity index (χ1) is 28.3. The van der Waals surface area contributed by atoms with Gasteiger partial charge in [-0.2, -0.15) is 5.10 Å². The standard InChI is InChI=1S/C27H25F2N7O2.C14H12BF2NO3/c1-2-22(37)35-11-3-4-19(14-35)36-26-23(25(30)32-15-33-26)24(34-36)17-7-5-16(6-8-17)13-31-27(38)20-10-9-18(28)12-21(20)29;16-11-5-6-12(13(17)7-11)14(19)18-8-9-1-3-10(4-2-9)15(20)21/h2,5-10,12,15,19H,1,3-4,11,13-14H2,(H,31,38)(H2,30,32,33);1-7,20-21H,8H2,(H,18,19)/t19-;/m1./s1. The van der Waals surface area contributed by atoms with E-state index in [1.165, 1.54) is 24.5 Å². The highest BCUT2D eigenvalue weighted by atomic mass is 19.1. The third-order valence-corrected chi connectivity index (χ3v) is 9.51. The van der Waals surface area contributed by atoms with Crippen LogP contribution < -0.4 is 21.8 Å². The van der Waals surface area contributed by atoms with Crippen LogP contribution in [0.15, 0.2) is 104 Å². The fraction of sp³-hybridized carbons (Fsp3) is 0.171. The van der Waals surface area contributed by atoms with E-state index in [9.17, 15) is 31.9 Å². The largest absolute Gasteiger partial charge is 0.488 e. The van der Waals surface area contributed by atoms with Crippen LogP contribution in [0.4, 0.5) is 23.4 Å². The second-order valence-electron chi connectivity index (χ2n) is 13.5. The van der Waals surface area contributed by atoms with Crippen molar-refractivity contribution in [3.8, 4) is 11.3 Å². The summed E-state index contributed by atoms with van der Waals surface area (Å²) < 4.78 is 55.0. The lowest BCUT2D eigenvalue weighted by atomic mass is 9.80. The Balaban J connectivity index is 0.000000236. The molecule has 302 valence electrons. The van der Waals surface area contributed by atoms with E-state index >= 15 is 0 Å². The Morgan fingerprint density at radius 3 is 1.92 bits per heavy atom. The molecule has 1 saturated heterocycles. The minimum atomic E-state index is -1.55. The first-order valence-corrected chi connectivity index (χ1v) is 18.2. The summed E-state index contributed by atoms with van der Waals surface area (Å²) in [5, 5.41) is 28.5. The van der Waals surface area contributed by atoms with Crippen molar-refractivity contribution < 1.29 is 42.0 Å². The van der Waals surface area contributed by atoms with Crippen molar-refractivity contribution in [2.75, 3.05) is 18.8 Å². The van der Waals surface area contributed by atoms with Crippen LogP contribution in [0, 0.1) is 23.3 Å². The number of nitrogens with one attached hydrogen (secondary N) is 2. The Kier molecular flexibility index (Phi) is 13.1. The number of rotatable bonds is 10. The average Bonchev–Trinajstić information content (AvgIpc) is 3.63. The van der Waals surface area contributed by atoms with Gasteiger partial charge >= 0.3 is 7.12 Å². The lowest BCUT2D eigenvalue weighted by Gasteiger charge is -2.32. The molecule has 0 unspecified atom stereocenters. The molecule has 7 rings (SSSR count). The Labute approximate surface area is 335 Å². The van der Waals surface area contributed by atoms with Gasteiger partial charge in [-0.1, -0.05) is 55.1 Å². The van der Waals surface area contributed by atoms with E-state index < -0.39 is 42.2 Å². The SMILES string of the molecule is C=CC(=O)N1CCC[C@@H](n2nc(-c3ccc(CNC(=O)c4ccc(F)cc4F)cc3)c3c(N)ncnc32)C1.O=C(NCc1ccc(B(O)O)cc1)c1ccc(F)cc1F. The molecule has 1 fully saturated rings. The van der Waals surface area contributed by atoms with E-state index in [1.54, 1.807) is 17.0 Å². The van der Waals surface area contributed by atoms with Gasteiger partial charge in [0.25, 0.3) is 11.8 Å². The molecule has 6 N–H and O–H groups in total. The molecule has 0 spiro atoms. The zero-order chi connectivity index (χ0) is 42.2. The molecule has 59 heavy (non-hydrogen) atoms. The smallest absolute Gasteiger partial charge is 0.423 e. The van der Waals surface area contributed by atoms with Crippen molar-refractivity contribution in [3.05, 3.63) is 149 Å². The Morgan fingerprint density at radius 2 is 1.39 bits per heavy atom. The molecule has 0 saturated carbocycles. The van der Waals surface area contributed by atoms with Crippen molar-refractivity contribution in [1.82, 2.24) is 35.3 Å². The van der Waals surface area contributed by atoms with Crippen LogP contribution in [0.25, 0.3) is 22.3 Å². The van der Waals surface area contributed by atoms with E-state index in [2.05, 4.69) is 27.2 Å². The van der Waals surface area contributed by atoms with Crippen LogP contribution in [0.2, 0.25) is 0 Å². The zero-order valence-electron chi connectivity index (χ0n) is 31.3. The third kappa shape index (κ3) is 9.97. The van der Waals surface area contributed by atoms with Gasteiger partial charge in [0, 0.05) is 43.9 Å². The molecule has 1 aliphatic rings. The second-order valence-corrected chi connectivity index (χ2v) is 13.5. The van der Waals surface area contributed by atoms with Gasteiger partial charge in [0.05, 0.1) is 22.6 Å². The zero-order valence-corrected chi connectivity index (χ0v) is 31.3. The molecular weight excluding hydrogens is 771 g/mol. The molecule has 4 aromatic carbocycles. The Morgan fingerprint density at radius 1 is 0.831 bits per heavy atom. The number of likely N-dealkylation sites (tertiary alicyclic amines) is 1. The van der Waals surface area contributed by atoms with E-state index in [1.807, 2.05) is 28.9 Å². The lowest BCUT2D eigenvalue weighted by Crippen LogP contribution is -2.40. The Bertz CT molecular complexity index is 2500. The molecule has 1 aliphatic heterocycles. The quantitative estimate of drug-likeness (QED) is 0.0768. The van der Waals surface area contributed by atoms with Crippen molar-refractivity contribution in [1.29, 1.82) is 0 Å². The van der Waals surface area contributed by atoms with Gasteiger partial charge in [0.15, 0.2) is 5.65 Å². The highest BCUT2D eigenvalue weighted by molar-refractivity contribution is 6.58. The summed E-state index contributed by atoms with van der Waals surface area (Å²) in [5.74, 6) is -4.46. The molecule has 0 aliphatic carbocycles. The highest BCUT2D eigenvalue weighted by Gasteiger charge is 2.28. The maximum absolute atomic E-state index is 13.9. The Hall–Kier alpha value is -6.92. The fourth-order valence-electron chi connectivity index (χ4n) is 6.43. The highest BCUT2D eigenvalue weighted by Crippen LogP contribution is 2.34. The first kappa shape index (κ1) is 41.7. The van der Waals surface area contributed by atoms with Gasteiger partial charge in [-0.15, -0.1) is 0 Å². The predicted molar refractivity (Wildman–Crippen MR) is 212 cm³/mol. The van der Waals surface area contributed by atoms with Crippen LogP contribution in [0.5, 0.6) is 0 Å². The predicted octanol–water partition coefficient (Wildman–Crippen LogP) is 4.21. The number of hydrogen-bond donors (Lipinski definition) is 5. The summed E-state index contributed by atoms with van der Waals surface area (Å²) >= 11 is 0. The lowest BCUT2D eigenvalue weighted by molar-refractivity contribution is -0.127. The minimum absolute atomic E-state index is 0.0838. The van der Waals surface area contributed by atoms with E-state index in [0.29, 0.717) is 58.8 Å². The summed E-state index contributed by atoms with van der Waals surface area (Å²) in [6.07, 6.45) is 4.36. The number of piperidine rings is 1. The topological polar surface area (TPSA) is 189 Å². The van der Waals surface area contributed by atoms with E-state index in [0.717, 1.165) is 48.2 Å². The van der Waals surface area contributed by atoms with E-state index in [4.69, 9.17) is 20.9 Å². The number of nitrogens with two attached hydrogens (primary N) is 1. The molecule has 3 amide bonds. The second kappa shape index (κ2) is 18.6. The normalized spacial score (nSPS) is 13.6. The average molecular weight is 809 g/mol. The number of anilines is 1. The number of fused-ring (bicyclic) bond motifs is 1. The number of aromatic nitrogens is 4. The van der Waals surface area contributed by atoms with Crippen molar-refractivity contribution >= 4 is 47.2 Å². The fourth-order valence-corrected chi connectivity index (χ4v) is 6.43. The molecule has 1 atom stereocenters. The summed E-state index contributed by atoms with van der Waals surface area (Å²) in [7, 11) is -1.55. The van der Waals surface area contributed by atoms with Crippen LogP contribution >= 0.6 is 0 Å². The first-order valence-electron chi connectivity index (χ1n) is 18.2. The van der Waals surface area contributed by atoms with Gasteiger partial charge in [-0.25, -0.2) is 32.2 Å². The summed E-state index contributed by atoms with van der Waals surface area (Å²) in [6, 6.07) is 19.0.